The molecule has 3 aromatic carbocycles. The van der Waals surface area contributed by atoms with Gasteiger partial charge < -0.3 is 19.5 Å². The number of hydrogen-bond donors (Lipinski definition) is 1. The molecule has 0 spiro atoms. The Bertz CT molecular complexity index is 1470. The molecular formula is C26H20ClFN4O3. The summed E-state index contributed by atoms with van der Waals surface area (Å²) in [5, 5.41) is 8.48. The van der Waals surface area contributed by atoms with Crippen molar-refractivity contribution in [3.63, 3.8) is 0 Å². The third-order valence-electron chi connectivity index (χ3n) is 6.28. The second-order valence-electron chi connectivity index (χ2n) is 8.18. The van der Waals surface area contributed by atoms with Crippen molar-refractivity contribution in [2.75, 3.05) is 19.5 Å². The fourth-order valence-electron chi connectivity index (χ4n) is 4.71. The van der Waals surface area contributed by atoms with Crippen molar-refractivity contribution in [1.82, 2.24) is 14.8 Å². The van der Waals surface area contributed by atoms with Crippen molar-refractivity contribution in [3.8, 4) is 17.2 Å². The molecule has 3 heterocycles. The van der Waals surface area contributed by atoms with Crippen LogP contribution in [0, 0.1) is 5.82 Å². The Kier molecular flexibility index (Phi) is 5.11. The van der Waals surface area contributed by atoms with E-state index in [1.54, 1.807) is 37.1 Å². The van der Waals surface area contributed by atoms with E-state index in [1.165, 1.54) is 18.5 Å². The van der Waals surface area contributed by atoms with Crippen molar-refractivity contribution in [2.45, 2.75) is 12.1 Å². The van der Waals surface area contributed by atoms with Gasteiger partial charge in [0.1, 0.15) is 35.4 Å². The lowest BCUT2D eigenvalue weighted by molar-refractivity contribution is 0.217. The van der Waals surface area contributed by atoms with Gasteiger partial charge in [-0.2, -0.15) is 10.1 Å². The summed E-state index contributed by atoms with van der Waals surface area (Å²) in [6, 6.07) is 17.0. The monoisotopic (exact) mass is 490 g/mol. The van der Waals surface area contributed by atoms with Crippen molar-refractivity contribution >= 4 is 23.2 Å². The van der Waals surface area contributed by atoms with E-state index in [2.05, 4.69) is 15.4 Å². The van der Waals surface area contributed by atoms with E-state index in [0.29, 0.717) is 28.2 Å². The van der Waals surface area contributed by atoms with Gasteiger partial charge in [-0.05, 0) is 54.1 Å². The van der Waals surface area contributed by atoms with Crippen LogP contribution in [0.15, 0.2) is 72.6 Å². The molecule has 0 radical (unpaired) electrons. The second kappa shape index (κ2) is 8.32. The minimum Gasteiger partial charge on any atom is -0.497 e. The maximum absolute atomic E-state index is 13.9. The van der Waals surface area contributed by atoms with Crippen LogP contribution >= 0.6 is 11.6 Å². The minimum atomic E-state index is -0.580. The predicted octanol–water partition coefficient (Wildman–Crippen LogP) is 5.65. The van der Waals surface area contributed by atoms with Crippen LogP contribution in [0.25, 0.3) is 5.70 Å². The van der Waals surface area contributed by atoms with Crippen LogP contribution in [0.4, 0.5) is 10.3 Å². The van der Waals surface area contributed by atoms with Gasteiger partial charge in [-0.1, -0.05) is 23.7 Å². The van der Waals surface area contributed by atoms with Gasteiger partial charge >= 0.3 is 0 Å². The fraction of sp³-hybridized carbons (Fsp3) is 0.154. The van der Waals surface area contributed by atoms with Crippen LogP contribution in [0.1, 0.15) is 28.8 Å². The standard InChI is InChI=1S/C26H20ClFN4O3/c1-33-17-8-10-20(34-2)19(12-17)25-22-23(18-11-15(27)5-9-21(18)35-25)31-26-29-13-30-32(26)24(22)14-3-6-16(28)7-4-14/h3-13,24-25H,1-2H3,(H,29,30,31)/t24-,25-/m1/s1. The number of fused-ring (bicyclic) bond motifs is 3. The molecule has 2 atom stereocenters. The SMILES string of the molecule is COc1ccc(OC)c([C@H]2Oc3ccc(Cl)cc3C3=C2[C@@H](c2ccc(F)cc2)n2ncnc2N3)c1. The number of nitrogens with one attached hydrogen (secondary N) is 1. The van der Waals surface area contributed by atoms with Gasteiger partial charge in [-0.25, -0.2) is 9.07 Å². The maximum atomic E-state index is 13.9. The highest BCUT2D eigenvalue weighted by atomic mass is 35.5. The molecule has 176 valence electrons. The summed E-state index contributed by atoms with van der Waals surface area (Å²) in [4.78, 5) is 4.41. The Labute approximate surface area is 205 Å². The lowest BCUT2D eigenvalue weighted by atomic mass is 9.84. The van der Waals surface area contributed by atoms with Gasteiger partial charge in [-0.3, -0.25) is 0 Å². The summed E-state index contributed by atoms with van der Waals surface area (Å²) in [6.07, 6.45) is 0.904. The second-order valence-corrected chi connectivity index (χ2v) is 8.62. The third kappa shape index (κ3) is 3.49. The first-order chi connectivity index (χ1) is 17.1. The first-order valence-electron chi connectivity index (χ1n) is 10.9. The van der Waals surface area contributed by atoms with Crippen molar-refractivity contribution in [1.29, 1.82) is 0 Å². The van der Waals surface area contributed by atoms with E-state index >= 15 is 0 Å². The van der Waals surface area contributed by atoms with Gasteiger partial charge in [0.2, 0.25) is 5.95 Å². The van der Waals surface area contributed by atoms with E-state index < -0.39 is 12.1 Å². The number of nitrogens with zero attached hydrogens (tertiary/aromatic N) is 3. The third-order valence-corrected chi connectivity index (χ3v) is 6.52. The summed E-state index contributed by atoms with van der Waals surface area (Å²) in [5.74, 6) is 2.20. The highest BCUT2D eigenvalue weighted by molar-refractivity contribution is 6.30. The largest absolute Gasteiger partial charge is 0.497 e. The topological polar surface area (TPSA) is 70.4 Å². The number of aromatic nitrogens is 3. The van der Waals surface area contributed by atoms with Crippen LogP contribution in [-0.4, -0.2) is 29.0 Å². The molecule has 6 rings (SSSR count). The van der Waals surface area contributed by atoms with E-state index in [4.69, 9.17) is 25.8 Å². The molecule has 7 nitrogen and oxygen atoms in total. The van der Waals surface area contributed by atoms with Crippen molar-refractivity contribution in [3.05, 3.63) is 100 Å². The summed E-state index contributed by atoms with van der Waals surface area (Å²) in [6.45, 7) is 0. The van der Waals surface area contributed by atoms with Gasteiger partial charge in [0.25, 0.3) is 0 Å². The number of anilines is 1. The molecule has 0 bridgehead atoms. The van der Waals surface area contributed by atoms with Gasteiger partial charge in [0.05, 0.1) is 19.9 Å². The summed E-state index contributed by atoms with van der Waals surface area (Å²) in [7, 11) is 3.23. The van der Waals surface area contributed by atoms with Crippen molar-refractivity contribution < 1.29 is 18.6 Å². The molecular weight excluding hydrogens is 471 g/mol. The minimum absolute atomic E-state index is 0.321. The lowest BCUT2D eigenvalue weighted by Crippen LogP contribution is -2.32. The Hall–Kier alpha value is -4.04. The number of ether oxygens (including phenoxy) is 3. The number of halogens is 2. The number of rotatable bonds is 4. The van der Waals surface area contributed by atoms with E-state index in [0.717, 1.165) is 28.0 Å². The molecule has 2 aliphatic rings. The number of benzene rings is 3. The molecule has 0 saturated carbocycles. The summed E-state index contributed by atoms with van der Waals surface area (Å²) >= 11 is 6.38. The Morgan fingerprint density at radius 1 is 1.03 bits per heavy atom. The Balaban J connectivity index is 1.65. The van der Waals surface area contributed by atoms with E-state index in [9.17, 15) is 4.39 Å². The molecule has 0 amide bonds. The molecule has 35 heavy (non-hydrogen) atoms. The first kappa shape index (κ1) is 21.5. The summed E-state index contributed by atoms with van der Waals surface area (Å²) < 4.78 is 33.5. The highest BCUT2D eigenvalue weighted by Gasteiger charge is 2.42. The Morgan fingerprint density at radius 2 is 1.86 bits per heavy atom. The molecule has 2 aliphatic heterocycles. The smallest absolute Gasteiger partial charge is 0.226 e. The zero-order chi connectivity index (χ0) is 24.1. The van der Waals surface area contributed by atoms with Crippen LogP contribution in [-0.2, 0) is 0 Å². The van der Waals surface area contributed by atoms with Gasteiger partial charge in [0.15, 0.2) is 6.10 Å². The molecule has 4 aromatic rings. The average Bonchev–Trinajstić information content (AvgIpc) is 3.36. The van der Waals surface area contributed by atoms with Crippen LogP contribution in [0.5, 0.6) is 17.2 Å². The van der Waals surface area contributed by atoms with E-state index in [-0.39, 0.29) is 5.82 Å². The first-order valence-corrected chi connectivity index (χ1v) is 11.3. The van der Waals surface area contributed by atoms with Crippen molar-refractivity contribution in [2.24, 2.45) is 0 Å². The molecule has 0 saturated heterocycles. The quantitative estimate of drug-likeness (QED) is 0.399. The summed E-state index contributed by atoms with van der Waals surface area (Å²) in [5.41, 5.74) is 4.06. The molecule has 0 aliphatic carbocycles. The number of hydrogen-bond acceptors (Lipinski definition) is 6. The molecule has 1 aromatic heterocycles. The molecule has 0 unspecified atom stereocenters. The van der Waals surface area contributed by atoms with Gasteiger partial charge in [0, 0.05) is 21.7 Å². The molecule has 9 heteroatoms. The van der Waals surface area contributed by atoms with Crippen LogP contribution in [0.2, 0.25) is 5.02 Å². The van der Waals surface area contributed by atoms with Crippen LogP contribution < -0.4 is 19.5 Å². The lowest BCUT2D eigenvalue weighted by Gasteiger charge is -2.39. The number of methoxy groups -OCH3 is 2. The normalized spacial score (nSPS) is 18.1. The predicted molar refractivity (Wildman–Crippen MR) is 129 cm³/mol. The molecule has 1 N–H and O–H groups in total. The highest BCUT2D eigenvalue weighted by Crippen LogP contribution is 2.52. The Morgan fingerprint density at radius 3 is 2.63 bits per heavy atom. The molecule has 0 fully saturated rings. The zero-order valence-electron chi connectivity index (χ0n) is 18.8. The van der Waals surface area contributed by atoms with Gasteiger partial charge in [-0.15, -0.1) is 0 Å². The van der Waals surface area contributed by atoms with Crippen LogP contribution in [0.3, 0.4) is 0 Å². The average molecular weight is 491 g/mol. The zero-order valence-corrected chi connectivity index (χ0v) is 19.6. The fourth-order valence-corrected chi connectivity index (χ4v) is 4.88. The van der Waals surface area contributed by atoms with E-state index in [1.807, 2.05) is 30.3 Å². The maximum Gasteiger partial charge on any atom is 0.226 e.